The second kappa shape index (κ2) is 9.80. The maximum Gasteiger partial charge on any atom is 0.573 e. The van der Waals surface area contributed by atoms with Gasteiger partial charge in [-0.05, 0) is 30.7 Å². The van der Waals surface area contributed by atoms with Crippen LogP contribution >= 0.6 is 0 Å². The van der Waals surface area contributed by atoms with Gasteiger partial charge in [-0.25, -0.2) is 4.98 Å². The number of halogens is 3. The molecule has 1 atom stereocenters. The van der Waals surface area contributed by atoms with Crippen molar-refractivity contribution in [3.05, 3.63) is 75.7 Å². The number of hydrogen-bond acceptors (Lipinski definition) is 6. The van der Waals surface area contributed by atoms with Crippen molar-refractivity contribution in [2.24, 2.45) is 0 Å². The summed E-state index contributed by atoms with van der Waals surface area (Å²) in [7, 11) is 1.18. The summed E-state index contributed by atoms with van der Waals surface area (Å²) in [4.78, 5) is 32.3. The third-order valence-electron chi connectivity index (χ3n) is 5.15. The molecule has 0 aliphatic carbocycles. The third kappa shape index (κ3) is 5.93. The number of alkyl halides is 3. The Bertz CT molecular complexity index is 1160. The third-order valence-corrected chi connectivity index (χ3v) is 5.15. The van der Waals surface area contributed by atoms with E-state index in [1.807, 2.05) is 0 Å². The number of benzene rings is 1. The summed E-state index contributed by atoms with van der Waals surface area (Å²) in [6.07, 6.45) is -1.54. The Kier molecular flexibility index (Phi) is 7.10. The van der Waals surface area contributed by atoms with Crippen LogP contribution in [0.1, 0.15) is 34.9 Å². The van der Waals surface area contributed by atoms with Crippen LogP contribution in [0.25, 0.3) is 0 Å². The fourth-order valence-electron chi connectivity index (χ4n) is 3.57. The fraction of sp³-hybridized carbons (Fsp3) is 0.318. The fourth-order valence-corrected chi connectivity index (χ4v) is 3.57. The molecule has 2 N–H and O–H groups in total. The molecule has 0 saturated heterocycles. The summed E-state index contributed by atoms with van der Waals surface area (Å²) in [6, 6.07) is 6.18. The smallest absolute Gasteiger partial charge is 0.507 e. The molecule has 8 nitrogen and oxygen atoms in total. The predicted molar refractivity (Wildman–Crippen MR) is 111 cm³/mol. The molecule has 11 heteroatoms. The number of esters is 1. The second-order valence-electron chi connectivity index (χ2n) is 7.32. The molecule has 1 aromatic carbocycles. The van der Waals surface area contributed by atoms with Gasteiger partial charge >= 0.3 is 12.3 Å². The van der Waals surface area contributed by atoms with Gasteiger partial charge in [0, 0.05) is 36.5 Å². The van der Waals surface area contributed by atoms with Crippen molar-refractivity contribution in [3.8, 4) is 11.5 Å². The molecule has 0 aliphatic heterocycles. The number of carbonyl (C=O) groups is 1. The van der Waals surface area contributed by atoms with Crippen LogP contribution in [0, 0.1) is 6.92 Å². The zero-order valence-corrected chi connectivity index (χ0v) is 17.8. The zero-order valence-electron chi connectivity index (χ0n) is 17.8. The predicted octanol–water partition coefficient (Wildman–Crippen LogP) is 3.42. The summed E-state index contributed by atoms with van der Waals surface area (Å²) >= 11 is 0. The highest BCUT2D eigenvalue weighted by molar-refractivity contribution is 5.71. The number of imidazole rings is 1. The number of carbonyl (C=O) groups excluding carboxylic acids is 1. The van der Waals surface area contributed by atoms with E-state index in [0.29, 0.717) is 17.7 Å². The Morgan fingerprint density at radius 3 is 2.55 bits per heavy atom. The maximum absolute atomic E-state index is 13.4. The van der Waals surface area contributed by atoms with Crippen LogP contribution < -0.4 is 10.3 Å². The summed E-state index contributed by atoms with van der Waals surface area (Å²) < 4.78 is 47.5. The van der Waals surface area contributed by atoms with Crippen LogP contribution in [0.2, 0.25) is 0 Å². The van der Waals surface area contributed by atoms with E-state index in [4.69, 9.17) is 4.74 Å². The number of hydrogen-bond donors (Lipinski definition) is 2. The number of aromatic amines is 1. The minimum absolute atomic E-state index is 0.0555. The van der Waals surface area contributed by atoms with Crippen molar-refractivity contribution in [1.29, 1.82) is 0 Å². The second-order valence-corrected chi connectivity index (χ2v) is 7.32. The first kappa shape index (κ1) is 23.9. The van der Waals surface area contributed by atoms with Crippen molar-refractivity contribution < 1.29 is 32.5 Å². The average Bonchev–Trinajstić information content (AvgIpc) is 3.25. The van der Waals surface area contributed by atoms with Crippen LogP contribution in [-0.4, -0.2) is 39.1 Å². The standard InChI is InChI=1S/C22H22F3N3O5/c1-13-9-18(29)20(21(31)28(13)8-7-15-11-26-12-27-15)17(10-19(30)32-2)14-3-5-16(6-4-14)33-22(23,24)25/h3-6,9,11-12,17,29H,7-8,10H2,1-2H3,(H,26,27). The molecule has 3 rings (SSSR count). The number of aromatic hydroxyl groups is 1. The molecule has 0 spiro atoms. The van der Waals surface area contributed by atoms with Crippen LogP contribution in [0.15, 0.2) is 47.7 Å². The number of H-pyrrole nitrogens is 1. The number of nitrogens with one attached hydrogen (secondary N) is 1. The van der Waals surface area contributed by atoms with E-state index in [9.17, 15) is 27.9 Å². The average molecular weight is 465 g/mol. The lowest BCUT2D eigenvalue weighted by Gasteiger charge is -2.21. The molecule has 2 heterocycles. The number of methoxy groups -OCH3 is 1. The Labute approximate surface area is 186 Å². The van der Waals surface area contributed by atoms with Crippen molar-refractivity contribution in [2.45, 2.75) is 38.6 Å². The number of rotatable bonds is 8. The number of nitrogens with zero attached hydrogens (tertiary/aromatic N) is 2. The number of pyridine rings is 1. The molecule has 0 aliphatic rings. The molecule has 0 amide bonds. The van der Waals surface area contributed by atoms with Crippen LogP contribution in [0.5, 0.6) is 11.5 Å². The van der Waals surface area contributed by atoms with Gasteiger partial charge in [0.2, 0.25) is 0 Å². The van der Waals surface area contributed by atoms with Crippen molar-refractivity contribution >= 4 is 5.97 Å². The van der Waals surface area contributed by atoms with E-state index >= 15 is 0 Å². The van der Waals surface area contributed by atoms with E-state index in [0.717, 1.165) is 17.8 Å². The van der Waals surface area contributed by atoms with Gasteiger partial charge < -0.3 is 24.1 Å². The Balaban J connectivity index is 2.02. The minimum Gasteiger partial charge on any atom is -0.507 e. The molecule has 0 radical (unpaired) electrons. The quantitative estimate of drug-likeness (QED) is 0.494. The first-order chi connectivity index (χ1) is 15.6. The van der Waals surface area contributed by atoms with Crippen LogP contribution in [0.3, 0.4) is 0 Å². The molecule has 3 aromatic rings. The first-order valence-corrected chi connectivity index (χ1v) is 9.92. The molecular weight excluding hydrogens is 443 g/mol. The number of ether oxygens (including phenoxy) is 2. The Morgan fingerprint density at radius 2 is 1.97 bits per heavy atom. The van der Waals surface area contributed by atoms with Gasteiger partial charge in [0.15, 0.2) is 0 Å². The van der Waals surface area contributed by atoms with Gasteiger partial charge in [0.1, 0.15) is 11.5 Å². The molecule has 176 valence electrons. The van der Waals surface area contributed by atoms with Gasteiger partial charge in [0.25, 0.3) is 5.56 Å². The van der Waals surface area contributed by atoms with E-state index < -0.39 is 29.6 Å². The zero-order chi connectivity index (χ0) is 24.2. The number of aryl methyl sites for hydroxylation is 2. The lowest BCUT2D eigenvalue weighted by atomic mass is 9.88. The summed E-state index contributed by atoms with van der Waals surface area (Å²) in [5, 5.41) is 10.6. The summed E-state index contributed by atoms with van der Waals surface area (Å²) in [5.41, 5.74) is 1.08. The van der Waals surface area contributed by atoms with Gasteiger partial charge in [-0.3, -0.25) is 9.59 Å². The molecule has 0 bridgehead atoms. The maximum atomic E-state index is 13.4. The monoisotopic (exact) mass is 465 g/mol. The lowest BCUT2D eigenvalue weighted by Crippen LogP contribution is -2.29. The van der Waals surface area contributed by atoms with Gasteiger partial charge in [0.05, 0.1) is 25.4 Å². The van der Waals surface area contributed by atoms with Crippen molar-refractivity contribution in [2.75, 3.05) is 7.11 Å². The normalized spacial score (nSPS) is 12.4. The van der Waals surface area contributed by atoms with Crippen molar-refractivity contribution in [3.63, 3.8) is 0 Å². The molecular formula is C22H22F3N3O5. The van der Waals surface area contributed by atoms with Crippen LogP contribution in [0.4, 0.5) is 13.2 Å². The lowest BCUT2D eigenvalue weighted by molar-refractivity contribution is -0.274. The molecule has 0 fully saturated rings. The first-order valence-electron chi connectivity index (χ1n) is 9.92. The Hall–Kier alpha value is -3.76. The molecule has 1 unspecified atom stereocenters. The molecule has 33 heavy (non-hydrogen) atoms. The summed E-state index contributed by atoms with van der Waals surface area (Å²) in [6.45, 7) is 1.94. The van der Waals surface area contributed by atoms with E-state index in [2.05, 4.69) is 14.7 Å². The van der Waals surface area contributed by atoms with E-state index in [1.165, 1.54) is 36.2 Å². The van der Waals surface area contributed by atoms with E-state index in [-0.39, 0.29) is 24.3 Å². The van der Waals surface area contributed by atoms with Gasteiger partial charge in [-0.15, -0.1) is 13.2 Å². The minimum atomic E-state index is -4.86. The molecule has 2 aromatic heterocycles. The topological polar surface area (TPSA) is 106 Å². The van der Waals surface area contributed by atoms with Gasteiger partial charge in [-0.1, -0.05) is 12.1 Å². The highest BCUT2D eigenvalue weighted by atomic mass is 19.4. The van der Waals surface area contributed by atoms with Gasteiger partial charge in [-0.2, -0.15) is 0 Å². The van der Waals surface area contributed by atoms with E-state index in [1.54, 1.807) is 13.1 Å². The largest absolute Gasteiger partial charge is 0.573 e. The van der Waals surface area contributed by atoms with Crippen molar-refractivity contribution in [1.82, 2.24) is 14.5 Å². The van der Waals surface area contributed by atoms with Crippen LogP contribution in [-0.2, 0) is 22.5 Å². The highest BCUT2D eigenvalue weighted by Crippen LogP contribution is 2.34. The number of aromatic nitrogens is 3. The summed E-state index contributed by atoms with van der Waals surface area (Å²) in [5.74, 6) is -2.38. The highest BCUT2D eigenvalue weighted by Gasteiger charge is 2.31. The molecule has 0 saturated carbocycles. The Morgan fingerprint density at radius 1 is 1.27 bits per heavy atom. The SMILES string of the molecule is COC(=O)CC(c1ccc(OC(F)(F)F)cc1)c1c(O)cc(C)n(CCc2cnc[nH]2)c1=O.